The topological polar surface area (TPSA) is 278 Å². The highest BCUT2D eigenvalue weighted by Gasteiger charge is 2.33. The second-order valence-electron chi connectivity index (χ2n) is 25.4. The Morgan fingerprint density at radius 1 is 0.500 bits per heavy atom. The lowest BCUT2D eigenvalue weighted by Crippen LogP contribution is -2.53. The fourth-order valence-corrected chi connectivity index (χ4v) is 9.09. The van der Waals surface area contributed by atoms with Crippen molar-refractivity contribution in [2.45, 2.75) is 164 Å². The molecule has 0 radical (unpaired) electrons. The van der Waals surface area contributed by atoms with Crippen LogP contribution in [0.1, 0.15) is 125 Å². The highest BCUT2D eigenvalue weighted by Crippen LogP contribution is 2.31. The molecular formula is C61H107BrN8O16. The Labute approximate surface area is 521 Å². The van der Waals surface area contributed by atoms with Crippen molar-refractivity contribution >= 4 is 63.2 Å². The Hall–Kier alpha value is -4.41. The molecule has 2 rings (SSSR count). The van der Waals surface area contributed by atoms with Gasteiger partial charge in [-0.25, -0.2) is 0 Å². The average molecular weight is 1290 g/mol. The minimum atomic E-state index is -0.864. The number of benzene rings is 1. The van der Waals surface area contributed by atoms with Crippen molar-refractivity contribution in [3.8, 4) is 0 Å². The van der Waals surface area contributed by atoms with Crippen LogP contribution >= 0.6 is 15.9 Å². The molecule has 0 aliphatic carbocycles. The Balaban J connectivity index is 1.81. The van der Waals surface area contributed by atoms with Crippen molar-refractivity contribution in [3.05, 3.63) is 27.2 Å². The highest BCUT2D eigenvalue weighted by atomic mass is 79.9. The third-order valence-electron chi connectivity index (χ3n) is 12.7. The first kappa shape index (κ1) is 77.7. The van der Waals surface area contributed by atoms with E-state index in [1.807, 2.05) is 67.2 Å². The fourth-order valence-electron chi connectivity index (χ4n) is 8.78. The molecule has 86 heavy (non-hydrogen) atoms. The zero-order chi connectivity index (χ0) is 64.7. The van der Waals surface area contributed by atoms with Crippen LogP contribution in [0.15, 0.2) is 10.5 Å². The summed E-state index contributed by atoms with van der Waals surface area (Å²) in [4.78, 5) is 100. The van der Waals surface area contributed by atoms with E-state index in [0.717, 1.165) is 26.9 Å². The number of ether oxygens (including phenoxy) is 9. The number of nitrogens with one attached hydrogen (secondary N) is 3. The predicted molar refractivity (Wildman–Crippen MR) is 332 cm³/mol. The summed E-state index contributed by atoms with van der Waals surface area (Å²) in [5, 5.41) is 8.56. The van der Waals surface area contributed by atoms with Crippen LogP contribution in [0.3, 0.4) is 0 Å². The maximum absolute atomic E-state index is 14.2. The summed E-state index contributed by atoms with van der Waals surface area (Å²) in [5.74, 6) is -2.58. The lowest BCUT2D eigenvalue weighted by molar-refractivity contribution is -0.163. The third-order valence-corrected chi connectivity index (χ3v) is 13.9. The minimum absolute atomic E-state index is 0.00233. The molecule has 1 aromatic rings. The van der Waals surface area contributed by atoms with Gasteiger partial charge in [0.15, 0.2) is 0 Å². The third kappa shape index (κ3) is 36.8. The number of hydrogen-bond donors (Lipinski definition) is 4. The van der Waals surface area contributed by atoms with Crippen LogP contribution in [0.25, 0.3) is 0 Å². The maximum Gasteiger partial charge on any atom is 0.323 e. The van der Waals surface area contributed by atoms with Gasteiger partial charge in [-0.3, -0.25) is 53.2 Å². The normalized spacial score (nSPS) is 15.6. The number of nitrogens with two attached hydrogens (primary N) is 1. The van der Waals surface area contributed by atoms with Gasteiger partial charge in [-0.2, -0.15) is 0 Å². The van der Waals surface area contributed by atoms with E-state index < -0.39 is 58.4 Å². The summed E-state index contributed by atoms with van der Waals surface area (Å²) in [6.45, 7) is 33.9. The van der Waals surface area contributed by atoms with Crippen LogP contribution in [0.4, 0.5) is 5.69 Å². The monoisotopic (exact) mass is 1290 g/mol. The molecule has 2 atom stereocenters. The van der Waals surface area contributed by atoms with Crippen LogP contribution in [-0.2, 0) is 76.2 Å². The quantitative estimate of drug-likeness (QED) is 0.0421. The molecule has 0 bridgehead atoms. The average Bonchev–Trinajstić information content (AvgIpc) is 1.93. The lowest BCUT2D eigenvalue weighted by Gasteiger charge is -2.37. The number of esters is 4. The summed E-state index contributed by atoms with van der Waals surface area (Å²) in [7, 11) is 0. The number of carbonyl (C=O) groups is 7. The molecule has 25 heteroatoms. The summed E-state index contributed by atoms with van der Waals surface area (Å²) < 4.78 is 51.9. The van der Waals surface area contributed by atoms with E-state index in [-0.39, 0.29) is 102 Å². The van der Waals surface area contributed by atoms with Crippen molar-refractivity contribution in [2.75, 3.05) is 156 Å². The first-order valence-electron chi connectivity index (χ1n) is 30.2. The Kier molecular flexibility index (Phi) is 35.7. The SMILES string of the molecule is Cc1cc(C)c(NC(=O)CC[C@@H](N)C(=O)NCCOCCOCCOCCOCCOCCNC(=O)CCC(C(=O)OC(C)(C)C)N2CCN(CC(=O)OC(C)(C)C)CCN(CC(=O)OC(C)(C)C)CCN(CC(=O)OC(C)(C)C)CC2)c(C)c1Br. The van der Waals surface area contributed by atoms with Crippen LogP contribution in [0.5, 0.6) is 0 Å². The molecule has 1 heterocycles. The first-order valence-corrected chi connectivity index (χ1v) is 30.9. The van der Waals surface area contributed by atoms with Gasteiger partial charge in [0.1, 0.15) is 28.4 Å². The molecule has 3 amide bonds. The number of carbonyl (C=O) groups excluding carboxylic acids is 7. The number of halogens is 1. The van der Waals surface area contributed by atoms with E-state index in [1.54, 1.807) is 62.3 Å². The minimum Gasteiger partial charge on any atom is -0.459 e. The smallest absolute Gasteiger partial charge is 0.323 e. The molecule has 1 aliphatic rings. The molecule has 0 spiro atoms. The number of anilines is 1. The van der Waals surface area contributed by atoms with Crippen molar-refractivity contribution in [2.24, 2.45) is 5.73 Å². The van der Waals surface area contributed by atoms with E-state index in [2.05, 4.69) is 31.9 Å². The van der Waals surface area contributed by atoms with Crippen LogP contribution < -0.4 is 21.7 Å². The van der Waals surface area contributed by atoms with Crippen LogP contribution in [-0.4, -0.2) is 247 Å². The highest BCUT2D eigenvalue weighted by molar-refractivity contribution is 9.10. The van der Waals surface area contributed by atoms with Gasteiger partial charge in [0.2, 0.25) is 17.7 Å². The summed E-state index contributed by atoms with van der Waals surface area (Å²) in [6.07, 6.45) is 0.435. The molecule has 1 aromatic carbocycles. The predicted octanol–water partition coefficient (Wildman–Crippen LogP) is 4.47. The number of hydrogen-bond acceptors (Lipinski definition) is 21. The summed E-state index contributed by atoms with van der Waals surface area (Å²) >= 11 is 3.56. The number of amides is 3. The van der Waals surface area contributed by atoms with E-state index in [9.17, 15) is 33.6 Å². The van der Waals surface area contributed by atoms with E-state index in [4.69, 9.17) is 48.4 Å². The maximum atomic E-state index is 14.2. The number of rotatable bonds is 34. The zero-order valence-corrected chi connectivity index (χ0v) is 56.2. The molecule has 1 unspecified atom stereocenters. The summed E-state index contributed by atoms with van der Waals surface area (Å²) in [6, 6.07) is 0.308. The van der Waals surface area contributed by atoms with Crippen molar-refractivity contribution in [1.82, 2.24) is 30.2 Å². The van der Waals surface area contributed by atoms with Crippen molar-refractivity contribution in [3.63, 3.8) is 0 Å². The van der Waals surface area contributed by atoms with Gasteiger partial charge in [-0.05, 0) is 133 Å². The van der Waals surface area contributed by atoms with E-state index in [1.165, 1.54) is 0 Å². The molecular weight excluding hydrogens is 1180 g/mol. The molecule has 5 N–H and O–H groups in total. The largest absolute Gasteiger partial charge is 0.459 e. The van der Waals surface area contributed by atoms with Gasteiger partial charge in [-0.1, -0.05) is 22.0 Å². The Morgan fingerprint density at radius 3 is 1.26 bits per heavy atom. The second kappa shape index (κ2) is 39.6. The number of nitrogens with zero attached hydrogens (tertiary/aromatic N) is 4. The van der Waals surface area contributed by atoms with Crippen LogP contribution in [0.2, 0.25) is 0 Å². The first-order chi connectivity index (χ1) is 40.1. The van der Waals surface area contributed by atoms with Gasteiger partial charge >= 0.3 is 23.9 Å². The van der Waals surface area contributed by atoms with Gasteiger partial charge in [0.05, 0.1) is 91.7 Å². The van der Waals surface area contributed by atoms with E-state index >= 15 is 0 Å². The molecule has 494 valence electrons. The van der Waals surface area contributed by atoms with Gasteiger partial charge in [-0.15, -0.1) is 0 Å². The second-order valence-corrected chi connectivity index (χ2v) is 26.2. The number of aryl methyl sites for hydroxylation is 2. The van der Waals surface area contributed by atoms with Crippen molar-refractivity contribution < 1.29 is 76.2 Å². The molecule has 0 saturated carbocycles. The molecule has 24 nitrogen and oxygen atoms in total. The summed E-state index contributed by atoms with van der Waals surface area (Å²) in [5.41, 5.74) is 6.82. The van der Waals surface area contributed by atoms with E-state index in [0.29, 0.717) is 92.1 Å². The zero-order valence-electron chi connectivity index (χ0n) is 54.6. The fraction of sp³-hybridized carbons (Fsp3) is 0.787. The molecule has 1 saturated heterocycles. The van der Waals surface area contributed by atoms with Gasteiger partial charge in [0.25, 0.3) is 0 Å². The van der Waals surface area contributed by atoms with Crippen LogP contribution in [0, 0.1) is 20.8 Å². The van der Waals surface area contributed by atoms with Gasteiger partial charge in [0, 0.05) is 88.4 Å². The molecule has 1 fully saturated rings. The van der Waals surface area contributed by atoms with Crippen molar-refractivity contribution in [1.29, 1.82) is 0 Å². The lowest BCUT2D eigenvalue weighted by atomic mass is 10.0. The Morgan fingerprint density at radius 2 is 0.860 bits per heavy atom. The molecule has 0 aromatic heterocycles. The Bertz CT molecular complexity index is 2200. The van der Waals surface area contributed by atoms with Gasteiger partial charge < -0.3 is 64.3 Å². The standard InChI is InChI=1S/C61H107BrN8O16/c1-44-40-45(2)55(46(3)54(44)62)66-50(72)18-16-47(63)56(76)65-21-31-79-33-35-81-37-39-82-38-36-80-34-32-78-30-20-64-49(71)19-17-48(57(77)86-61(13,14)15)70-28-26-68(42-52(74)84-59(7,8)9)24-22-67(41-51(73)83-58(4,5)6)23-25-69(27-29-70)43-53(75)85-60(10,11)12/h40,47-48H,16-39,41-43,63H2,1-15H3,(H,64,71)(H,65,76)(H,66,72)/t47-,48?/m1/s1. The molecule has 1 aliphatic heterocycles.